The fourth-order valence-electron chi connectivity index (χ4n) is 0.640. The molecule has 1 aromatic rings. The van der Waals surface area contributed by atoms with Crippen LogP contribution in [0.25, 0.3) is 0 Å². The molecule has 0 N–H and O–H groups in total. The Morgan fingerprint density at radius 3 is 2.60 bits per heavy atom. The first-order chi connectivity index (χ1) is 4.70. The number of aromatic nitrogens is 2. The van der Waals surface area contributed by atoms with Crippen molar-refractivity contribution in [3.8, 4) is 0 Å². The minimum Gasteiger partial charge on any atom is -0.158 e. The summed E-state index contributed by atoms with van der Waals surface area (Å²) in [6.07, 6.45) is 1.69. The maximum Gasteiger partial charge on any atom is 0.0667 e. The van der Waals surface area contributed by atoms with Gasteiger partial charge in [0.05, 0.1) is 11.9 Å². The lowest BCUT2D eigenvalue weighted by atomic mass is 10.1. The van der Waals surface area contributed by atoms with Crippen molar-refractivity contribution in [1.29, 1.82) is 0 Å². The largest absolute Gasteiger partial charge is 0.158 e. The summed E-state index contributed by atoms with van der Waals surface area (Å²) in [5.74, 6) is 0.449. The van der Waals surface area contributed by atoms with Gasteiger partial charge in [-0.1, -0.05) is 13.8 Å². The molecule has 54 valence electrons. The van der Waals surface area contributed by atoms with E-state index < -0.39 is 0 Å². The Morgan fingerprint density at radius 1 is 1.50 bits per heavy atom. The van der Waals surface area contributed by atoms with Crippen LogP contribution in [-0.2, 0) is 0 Å². The molecular formula is C7H9BrN2. The van der Waals surface area contributed by atoms with E-state index in [2.05, 4.69) is 40.0 Å². The van der Waals surface area contributed by atoms with Crippen LogP contribution in [0.3, 0.4) is 0 Å². The monoisotopic (exact) mass is 200 g/mol. The Labute approximate surface area is 68.8 Å². The fraction of sp³-hybridized carbons (Fsp3) is 0.429. The molecule has 3 heteroatoms. The number of halogens is 1. The van der Waals surface area contributed by atoms with Crippen LogP contribution < -0.4 is 0 Å². The predicted molar refractivity (Wildman–Crippen MR) is 43.8 cm³/mol. The Morgan fingerprint density at radius 2 is 2.20 bits per heavy atom. The molecule has 0 aromatic carbocycles. The van der Waals surface area contributed by atoms with Gasteiger partial charge in [-0.3, -0.25) is 0 Å². The van der Waals surface area contributed by atoms with Crippen molar-refractivity contribution in [2.45, 2.75) is 19.8 Å². The number of rotatable bonds is 1. The summed E-state index contributed by atoms with van der Waals surface area (Å²) < 4.78 is 0.992. The fourth-order valence-corrected chi connectivity index (χ4v) is 0.966. The standard InChI is InChI=1S/C7H9BrN2/c1-5(2)7-3-6(8)4-9-10-7/h3-5H,1-2H3. The van der Waals surface area contributed by atoms with Crippen molar-refractivity contribution >= 4 is 15.9 Å². The van der Waals surface area contributed by atoms with Gasteiger partial charge in [0.25, 0.3) is 0 Å². The molecule has 0 amide bonds. The van der Waals surface area contributed by atoms with Crippen LogP contribution in [0, 0.1) is 0 Å². The second-order valence-corrected chi connectivity index (χ2v) is 3.37. The predicted octanol–water partition coefficient (Wildman–Crippen LogP) is 2.36. The number of hydrogen-bond donors (Lipinski definition) is 0. The van der Waals surface area contributed by atoms with E-state index in [1.807, 2.05) is 6.07 Å². The zero-order valence-corrected chi connectivity index (χ0v) is 7.59. The van der Waals surface area contributed by atoms with Crippen LogP contribution in [0.1, 0.15) is 25.5 Å². The van der Waals surface area contributed by atoms with Crippen molar-refractivity contribution in [3.63, 3.8) is 0 Å². The SMILES string of the molecule is CC(C)c1cc(Br)cnn1. The zero-order chi connectivity index (χ0) is 7.56. The smallest absolute Gasteiger partial charge is 0.0667 e. The summed E-state index contributed by atoms with van der Waals surface area (Å²) >= 11 is 3.33. The summed E-state index contributed by atoms with van der Waals surface area (Å²) in [6.45, 7) is 4.19. The summed E-state index contributed by atoms with van der Waals surface area (Å²) in [6, 6.07) is 1.98. The molecule has 1 heterocycles. The van der Waals surface area contributed by atoms with E-state index in [1.54, 1.807) is 6.20 Å². The van der Waals surface area contributed by atoms with Gasteiger partial charge in [0, 0.05) is 4.47 Å². The third-order valence-corrected chi connectivity index (χ3v) is 1.67. The Hall–Kier alpha value is -0.440. The molecule has 0 spiro atoms. The second kappa shape index (κ2) is 3.10. The molecule has 1 rings (SSSR count). The van der Waals surface area contributed by atoms with Gasteiger partial charge in [-0.25, -0.2) is 0 Å². The highest BCUT2D eigenvalue weighted by molar-refractivity contribution is 9.10. The number of hydrogen-bond acceptors (Lipinski definition) is 2. The molecule has 0 bridgehead atoms. The van der Waals surface area contributed by atoms with Crippen LogP contribution in [0.4, 0.5) is 0 Å². The van der Waals surface area contributed by atoms with Gasteiger partial charge in [-0.15, -0.1) is 0 Å². The molecule has 10 heavy (non-hydrogen) atoms. The Kier molecular flexibility index (Phi) is 2.38. The van der Waals surface area contributed by atoms with E-state index >= 15 is 0 Å². The van der Waals surface area contributed by atoms with Crippen LogP contribution in [0.5, 0.6) is 0 Å². The van der Waals surface area contributed by atoms with Crippen molar-refractivity contribution in [2.75, 3.05) is 0 Å². The molecular weight excluding hydrogens is 192 g/mol. The Bertz CT molecular complexity index is 223. The van der Waals surface area contributed by atoms with Crippen LogP contribution in [-0.4, -0.2) is 10.2 Å². The normalized spacial score (nSPS) is 10.4. The van der Waals surface area contributed by atoms with Gasteiger partial charge < -0.3 is 0 Å². The zero-order valence-electron chi connectivity index (χ0n) is 6.00. The molecule has 1 aromatic heterocycles. The molecule has 0 aliphatic rings. The molecule has 0 saturated heterocycles. The highest BCUT2D eigenvalue weighted by atomic mass is 79.9. The highest BCUT2D eigenvalue weighted by Gasteiger charge is 2.00. The van der Waals surface area contributed by atoms with Gasteiger partial charge in [0.2, 0.25) is 0 Å². The van der Waals surface area contributed by atoms with Gasteiger partial charge in [-0.05, 0) is 27.9 Å². The lowest BCUT2D eigenvalue weighted by Gasteiger charge is -2.00. The van der Waals surface area contributed by atoms with E-state index in [9.17, 15) is 0 Å². The van der Waals surface area contributed by atoms with Crippen molar-refractivity contribution < 1.29 is 0 Å². The van der Waals surface area contributed by atoms with Gasteiger partial charge >= 0.3 is 0 Å². The maximum absolute atomic E-state index is 3.96. The van der Waals surface area contributed by atoms with E-state index in [0.29, 0.717) is 5.92 Å². The highest BCUT2D eigenvalue weighted by Crippen LogP contribution is 2.14. The lowest BCUT2D eigenvalue weighted by Crippen LogP contribution is -1.93. The molecule has 2 nitrogen and oxygen atoms in total. The van der Waals surface area contributed by atoms with Crippen LogP contribution >= 0.6 is 15.9 Å². The third-order valence-electron chi connectivity index (χ3n) is 1.23. The molecule has 0 unspecified atom stereocenters. The molecule has 0 fully saturated rings. The maximum atomic E-state index is 3.96. The topological polar surface area (TPSA) is 25.8 Å². The minimum absolute atomic E-state index is 0.449. The van der Waals surface area contributed by atoms with E-state index in [0.717, 1.165) is 10.2 Å². The summed E-state index contributed by atoms with van der Waals surface area (Å²) in [4.78, 5) is 0. The van der Waals surface area contributed by atoms with E-state index in [-0.39, 0.29) is 0 Å². The molecule has 0 aliphatic heterocycles. The minimum atomic E-state index is 0.449. The number of nitrogens with zero attached hydrogens (tertiary/aromatic N) is 2. The quantitative estimate of drug-likeness (QED) is 0.696. The average Bonchev–Trinajstić information content (AvgIpc) is 1.88. The van der Waals surface area contributed by atoms with Crippen molar-refractivity contribution in [1.82, 2.24) is 10.2 Å². The first-order valence-electron chi connectivity index (χ1n) is 3.18. The first kappa shape index (κ1) is 7.66. The van der Waals surface area contributed by atoms with Gasteiger partial charge in [-0.2, -0.15) is 10.2 Å². The Balaban J connectivity index is 2.96. The van der Waals surface area contributed by atoms with Crippen molar-refractivity contribution in [2.24, 2.45) is 0 Å². The third kappa shape index (κ3) is 1.77. The molecule has 0 radical (unpaired) electrons. The van der Waals surface area contributed by atoms with E-state index in [4.69, 9.17) is 0 Å². The summed E-state index contributed by atoms with van der Waals surface area (Å²) in [5.41, 5.74) is 1.02. The summed E-state index contributed by atoms with van der Waals surface area (Å²) in [5, 5.41) is 7.77. The molecule has 0 saturated carbocycles. The van der Waals surface area contributed by atoms with Crippen molar-refractivity contribution in [3.05, 3.63) is 22.4 Å². The van der Waals surface area contributed by atoms with Gasteiger partial charge in [0.15, 0.2) is 0 Å². The molecule has 0 atom stereocenters. The molecule has 0 aliphatic carbocycles. The first-order valence-corrected chi connectivity index (χ1v) is 3.97. The van der Waals surface area contributed by atoms with Gasteiger partial charge in [0.1, 0.15) is 0 Å². The van der Waals surface area contributed by atoms with Crippen LogP contribution in [0.2, 0.25) is 0 Å². The average molecular weight is 201 g/mol. The lowest BCUT2D eigenvalue weighted by molar-refractivity contribution is 0.783. The van der Waals surface area contributed by atoms with E-state index in [1.165, 1.54) is 0 Å². The van der Waals surface area contributed by atoms with Crippen LogP contribution in [0.15, 0.2) is 16.7 Å². The second-order valence-electron chi connectivity index (χ2n) is 2.45. The summed E-state index contributed by atoms with van der Waals surface area (Å²) in [7, 11) is 0.